The van der Waals surface area contributed by atoms with Crippen molar-refractivity contribution in [3.63, 3.8) is 0 Å². The number of aliphatic imine (C=N–C) groups is 1. The van der Waals surface area contributed by atoms with Gasteiger partial charge in [0.15, 0.2) is 16.0 Å². The first-order chi connectivity index (χ1) is 5.98. The minimum absolute atomic E-state index is 0.194. The second-order valence-corrected chi connectivity index (χ2v) is 4.41. The molecule has 1 rings (SSSR count). The summed E-state index contributed by atoms with van der Waals surface area (Å²) < 4.78 is 0. The maximum atomic E-state index is 6.24. The minimum atomic E-state index is -0.792. The molecule has 1 heterocycles. The number of halogens is 3. The lowest BCUT2D eigenvalue weighted by atomic mass is 10.1. The van der Waals surface area contributed by atoms with Crippen LogP contribution in [0.15, 0.2) is 4.99 Å². The molecule has 0 aromatic heterocycles. The summed E-state index contributed by atoms with van der Waals surface area (Å²) in [5.41, 5.74) is -0.569. The third-order valence-corrected chi connectivity index (χ3v) is 3.11. The zero-order valence-electron chi connectivity index (χ0n) is 7.44. The van der Waals surface area contributed by atoms with Crippen molar-refractivity contribution in [2.75, 3.05) is 0 Å². The molecular formula is C7H12Cl3N3. The molecule has 0 saturated carbocycles. The monoisotopic (exact) mass is 243 g/mol. The van der Waals surface area contributed by atoms with Gasteiger partial charge in [0.05, 0.1) is 0 Å². The van der Waals surface area contributed by atoms with Crippen molar-refractivity contribution < 1.29 is 0 Å². The molecule has 1 aliphatic rings. The fraction of sp³-hybridized carbons (Fsp3) is 0.857. The fourth-order valence-corrected chi connectivity index (χ4v) is 2.09. The predicted molar refractivity (Wildman–Crippen MR) is 57.2 cm³/mol. The molecule has 13 heavy (non-hydrogen) atoms. The van der Waals surface area contributed by atoms with Gasteiger partial charge in [0.1, 0.15) is 0 Å². The predicted octanol–water partition coefficient (Wildman–Crippen LogP) is 2.24. The van der Waals surface area contributed by atoms with E-state index >= 15 is 0 Å². The second-order valence-electron chi connectivity index (χ2n) is 3.05. The van der Waals surface area contributed by atoms with Crippen molar-refractivity contribution in [3.8, 4) is 0 Å². The van der Waals surface area contributed by atoms with Gasteiger partial charge in [0, 0.05) is 5.92 Å². The zero-order valence-corrected chi connectivity index (χ0v) is 9.71. The minimum Gasteiger partial charge on any atom is -0.330 e. The molecule has 0 spiro atoms. The van der Waals surface area contributed by atoms with Crippen LogP contribution in [0.3, 0.4) is 0 Å². The van der Waals surface area contributed by atoms with E-state index in [9.17, 15) is 0 Å². The molecule has 2 N–H and O–H groups in total. The molecule has 0 fully saturated rings. The van der Waals surface area contributed by atoms with Crippen molar-refractivity contribution in [1.82, 2.24) is 10.6 Å². The first-order valence-corrected chi connectivity index (χ1v) is 5.29. The van der Waals surface area contributed by atoms with Gasteiger partial charge in [-0.2, -0.15) is 0 Å². The first kappa shape index (κ1) is 11.4. The number of hydrogen-bond acceptors (Lipinski definition) is 3. The largest absolute Gasteiger partial charge is 0.330 e. The Bertz CT molecular complexity index is 221. The van der Waals surface area contributed by atoms with E-state index in [0.717, 1.165) is 6.42 Å². The molecule has 0 bridgehead atoms. The van der Waals surface area contributed by atoms with Gasteiger partial charge < -0.3 is 5.32 Å². The maximum Gasteiger partial charge on any atom is 0.196 e. The summed E-state index contributed by atoms with van der Waals surface area (Å²) in [6.45, 7) is 4.05. The number of amidine groups is 1. The summed E-state index contributed by atoms with van der Waals surface area (Å²) in [5.74, 6) is 0.194. The normalized spacial score (nSPS) is 36.4. The van der Waals surface area contributed by atoms with E-state index in [1.165, 1.54) is 0 Å². The zero-order chi connectivity index (χ0) is 10.1. The maximum absolute atomic E-state index is 6.24. The Balaban J connectivity index is 2.76. The first-order valence-electron chi connectivity index (χ1n) is 4.10. The Morgan fingerprint density at radius 3 is 2.77 bits per heavy atom. The van der Waals surface area contributed by atoms with E-state index in [2.05, 4.69) is 15.6 Å². The van der Waals surface area contributed by atoms with Gasteiger partial charge in [-0.15, -0.1) is 0 Å². The third-order valence-electron chi connectivity index (χ3n) is 2.13. The Morgan fingerprint density at radius 2 is 2.31 bits per heavy atom. The van der Waals surface area contributed by atoms with Gasteiger partial charge >= 0.3 is 0 Å². The topological polar surface area (TPSA) is 36.4 Å². The lowest BCUT2D eigenvalue weighted by Crippen LogP contribution is -2.62. The van der Waals surface area contributed by atoms with E-state index in [0.29, 0.717) is 0 Å². The van der Waals surface area contributed by atoms with Gasteiger partial charge in [0.25, 0.3) is 0 Å². The van der Waals surface area contributed by atoms with Crippen molar-refractivity contribution in [2.24, 2.45) is 10.9 Å². The van der Waals surface area contributed by atoms with Crippen LogP contribution in [0, 0.1) is 5.92 Å². The molecule has 3 atom stereocenters. The lowest BCUT2D eigenvalue weighted by molar-refractivity contribution is 0.281. The molecule has 1 aliphatic heterocycles. The van der Waals surface area contributed by atoms with E-state index in [1.807, 2.05) is 13.8 Å². The Morgan fingerprint density at radius 1 is 1.69 bits per heavy atom. The van der Waals surface area contributed by atoms with Crippen molar-refractivity contribution in [1.29, 1.82) is 0 Å². The highest BCUT2D eigenvalue weighted by molar-refractivity contribution is 6.65. The van der Waals surface area contributed by atoms with Crippen LogP contribution in [0.25, 0.3) is 0 Å². The summed E-state index contributed by atoms with van der Waals surface area (Å²) in [6, 6.07) is 0. The average molecular weight is 245 g/mol. The van der Waals surface area contributed by atoms with Crippen molar-refractivity contribution in [3.05, 3.63) is 0 Å². The van der Waals surface area contributed by atoms with Gasteiger partial charge in [0.2, 0.25) is 0 Å². The number of nitrogens with one attached hydrogen (secondary N) is 2. The number of alkyl halides is 2. The molecule has 0 aliphatic carbocycles. The molecule has 0 aromatic rings. The van der Waals surface area contributed by atoms with E-state index in [4.69, 9.17) is 34.8 Å². The summed E-state index contributed by atoms with van der Waals surface area (Å²) >= 11 is 17.8. The Kier molecular flexibility index (Phi) is 3.69. The van der Waals surface area contributed by atoms with Gasteiger partial charge in [-0.3, -0.25) is 0 Å². The molecule has 0 aromatic carbocycles. The molecule has 0 amide bonds. The van der Waals surface area contributed by atoms with Crippen molar-refractivity contribution in [2.45, 2.75) is 31.0 Å². The number of nitrogens with zero attached hydrogens (tertiary/aromatic N) is 1. The third kappa shape index (κ3) is 2.62. The molecule has 76 valence electrons. The number of rotatable bonds is 2. The Hall–Kier alpha value is 0.300. The fourth-order valence-electron chi connectivity index (χ4n) is 1.07. The van der Waals surface area contributed by atoms with Gasteiger partial charge in [-0.05, 0) is 18.0 Å². The van der Waals surface area contributed by atoms with Crippen LogP contribution in [-0.2, 0) is 0 Å². The van der Waals surface area contributed by atoms with Crippen LogP contribution < -0.4 is 10.6 Å². The summed E-state index contributed by atoms with van der Waals surface area (Å²) in [5, 5.41) is 5.23. The van der Waals surface area contributed by atoms with E-state index in [-0.39, 0.29) is 11.2 Å². The standard InChI is InChI=1S/C7H12Cl3N3/c1-3-4(2)7(10)12-5(8)11-6(9)13-7/h4-5,12H,3H2,1-2H3,(H,11,13). The van der Waals surface area contributed by atoms with Gasteiger partial charge in [-0.25, -0.2) is 10.3 Å². The summed E-state index contributed by atoms with van der Waals surface area (Å²) in [7, 11) is 0. The lowest BCUT2D eigenvalue weighted by Gasteiger charge is -2.38. The average Bonchev–Trinajstić information content (AvgIpc) is 2.00. The van der Waals surface area contributed by atoms with Crippen LogP contribution in [0.5, 0.6) is 0 Å². The van der Waals surface area contributed by atoms with E-state index < -0.39 is 10.7 Å². The van der Waals surface area contributed by atoms with Crippen LogP contribution in [0.1, 0.15) is 20.3 Å². The number of hydrogen-bond donors (Lipinski definition) is 2. The van der Waals surface area contributed by atoms with Crippen LogP contribution >= 0.6 is 34.8 Å². The molecule has 0 radical (unpaired) electrons. The highest BCUT2D eigenvalue weighted by atomic mass is 35.5. The van der Waals surface area contributed by atoms with E-state index in [1.54, 1.807) is 0 Å². The summed E-state index contributed by atoms with van der Waals surface area (Å²) in [6.07, 6.45) is 0.914. The molecular weight excluding hydrogens is 232 g/mol. The van der Waals surface area contributed by atoms with Crippen molar-refractivity contribution >= 4 is 40.1 Å². The van der Waals surface area contributed by atoms with Crippen LogP contribution in [-0.4, -0.2) is 16.0 Å². The highest BCUT2D eigenvalue weighted by Gasteiger charge is 2.38. The molecule has 6 heteroatoms. The van der Waals surface area contributed by atoms with Crippen LogP contribution in [0.2, 0.25) is 0 Å². The summed E-state index contributed by atoms with van der Waals surface area (Å²) in [4.78, 5) is 3.84. The second kappa shape index (κ2) is 4.22. The van der Waals surface area contributed by atoms with Gasteiger partial charge in [-0.1, -0.05) is 37.0 Å². The SMILES string of the molecule is CCC(C)C1(Cl)NC(Cl)=NC(Cl)N1. The molecule has 0 saturated heterocycles. The van der Waals surface area contributed by atoms with Crippen LogP contribution in [0.4, 0.5) is 0 Å². The Labute approximate surface area is 92.8 Å². The highest BCUT2D eigenvalue weighted by Crippen LogP contribution is 2.26. The molecule has 3 unspecified atom stereocenters. The quantitative estimate of drug-likeness (QED) is 0.577. The molecule has 3 nitrogen and oxygen atoms in total. The smallest absolute Gasteiger partial charge is 0.196 e.